The van der Waals surface area contributed by atoms with Gasteiger partial charge in [-0.1, -0.05) is 44.2 Å². The van der Waals surface area contributed by atoms with Gasteiger partial charge in [0.15, 0.2) is 0 Å². The Hall–Kier alpha value is -3.03. The number of hydrogen-bond acceptors (Lipinski definition) is 4. The highest BCUT2D eigenvalue weighted by molar-refractivity contribution is 5.96. The summed E-state index contributed by atoms with van der Waals surface area (Å²) in [5.74, 6) is -1.29. The quantitative estimate of drug-likeness (QED) is 0.361. The molecule has 0 aromatic heterocycles. The minimum absolute atomic E-state index is 0.0923. The van der Waals surface area contributed by atoms with Crippen molar-refractivity contribution in [2.45, 2.75) is 69.9 Å². The summed E-state index contributed by atoms with van der Waals surface area (Å²) in [6, 6.07) is 4.16. The summed E-state index contributed by atoms with van der Waals surface area (Å²) >= 11 is 0. The van der Waals surface area contributed by atoms with Crippen molar-refractivity contribution in [3.8, 4) is 0 Å². The van der Waals surface area contributed by atoms with E-state index in [9.17, 15) is 23.6 Å². The molecule has 1 unspecified atom stereocenters. The van der Waals surface area contributed by atoms with E-state index < -0.39 is 23.9 Å². The summed E-state index contributed by atoms with van der Waals surface area (Å²) < 4.78 is 13.1. The van der Waals surface area contributed by atoms with E-state index in [1.165, 1.54) is 24.6 Å². The molecule has 7 nitrogen and oxygen atoms in total. The Morgan fingerprint density at radius 1 is 1.03 bits per heavy atom. The second kappa shape index (κ2) is 13.0. The van der Waals surface area contributed by atoms with E-state index in [1.54, 1.807) is 18.2 Å². The van der Waals surface area contributed by atoms with Crippen LogP contribution in [0, 0.1) is 17.7 Å². The van der Waals surface area contributed by atoms with Crippen molar-refractivity contribution in [1.82, 2.24) is 16.0 Å². The summed E-state index contributed by atoms with van der Waals surface area (Å²) in [5, 5.41) is 8.32. The lowest BCUT2D eigenvalue weighted by Gasteiger charge is -2.28. The third-order valence-electron chi connectivity index (χ3n) is 6.65. The SMILES string of the molecule is O=C[C@H](CC1CCCNC1=O)NC(=O)[C@H](CC1CCCCC1)NC(=O)/C=C/c1ccc(F)cc1. The lowest BCUT2D eigenvalue weighted by atomic mass is 9.84. The van der Waals surface area contributed by atoms with Crippen LogP contribution in [0.25, 0.3) is 6.08 Å². The van der Waals surface area contributed by atoms with Crippen molar-refractivity contribution in [3.05, 3.63) is 41.7 Å². The van der Waals surface area contributed by atoms with Crippen LogP contribution in [-0.2, 0) is 19.2 Å². The van der Waals surface area contributed by atoms with Crippen LogP contribution in [-0.4, -0.2) is 42.6 Å². The first-order valence-corrected chi connectivity index (χ1v) is 12.2. The standard InChI is InChI=1S/C26H34FN3O4/c27-21-11-8-18(9-12-21)10-13-24(32)30-23(15-19-5-2-1-3-6-19)26(34)29-22(17-31)16-20-7-4-14-28-25(20)33/h8-13,17,19-20,22-23H,1-7,14-16H2,(H,28,33)(H,29,34)(H,30,32)/b13-10+/t20?,22-,23-/m0/s1. The van der Waals surface area contributed by atoms with E-state index in [0.29, 0.717) is 37.2 Å². The summed E-state index contributed by atoms with van der Waals surface area (Å²) in [5.41, 5.74) is 0.664. The third kappa shape index (κ3) is 8.08. The molecule has 2 fully saturated rings. The molecule has 2 aliphatic rings. The first-order chi connectivity index (χ1) is 16.4. The molecule has 184 valence electrons. The van der Waals surface area contributed by atoms with Crippen molar-refractivity contribution in [2.24, 2.45) is 11.8 Å². The summed E-state index contributed by atoms with van der Waals surface area (Å²) in [4.78, 5) is 49.4. The van der Waals surface area contributed by atoms with Gasteiger partial charge in [0.25, 0.3) is 0 Å². The monoisotopic (exact) mass is 471 g/mol. The Morgan fingerprint density at radius 2 is 1.76 bits per heavy atom. The van der Waals surface area contributed by atoms with Crippen molar-refractivity contribution >= 4 is 30.1 Å². The zero-order valence-electron chi connectivity index (χ0n) is 19.4. The largest absolute Gasteiger partial charge is 0.356 e. The molecule has 0 radical (unpaired) electrons. The van der Waals surface area contributed by atoms with Crippen LogP contribution < -0.4 is 16.0 Å². The topological polar surface area (TPSA) is 104 Å². The number of halogens is 1. The summed E-state index contributed by atoms with van der Waals surface area (Å²) in [7, 11) is 0. The molecule has 3 rings (SSSR count). The van der Waals surface area contributed by atoms with Gasteiger partial charge in [-0.2, -0.15) is 0 Å². The minimum Gasteiger partial charge on any atom is -0.356 e. The Balaban J connectivity index is 1.63. The fourth-order valence-electron chi connectivity index (χ4n) is 4.75. The highest BCUT2D eigenvalue weighted by Crippen LogP contribution is 2.27. The molecule has 1 aromatic rings. The normalized spacial score (nSPS) is 20.9. The number of piperidine rings is 1. The maximum absolute atomic E-state index is 13.1. The molecule has 0 bridgehead atoms. The van der Waals surface area contributed by atoms with Crippen molar-refractivity contribution in [3.63, 3.8) is 0 Å². The van der Waals surface area contributed by atoms with Gasteiger partial charge in [0.05, 0.1) is 6.04 Å². The van der Waals surface area contributed by atoms with Crippen LogP contribution in [0.5, 0.6) is 0 Å². The first-order valence-electron chi connectivity index (χ1n) is 12.2. The first kappa shape index (κ1) is 25.6. The predicted octanol–water partition coefficient (Wildman–Crippen LogP) is 2.89. The van der Waals surface area contributed by atoms with E-state index in [1.807, 2.05) is 0 Å². The molecule has 1 saturated heterocycles. The Bertz CT molecular complexity index is 881. The highest BCUT2D eigenvalue weighted by Gasteiger charge is 2.30. The molecule has 3 N–H and O–H groups in total. The number of rotatable bonds is 10. The molecule has 3 atom stereocenters. The van der Waals surface area contributed by atoms with Gasteiger partial charge in [-0.15, -0.1) is 0 Å². The van der Waals surface area contributed by atoms with Gasteiger partial charge in [-0.25, -0.2) is 4.39 Å². The zero-order valence-corrected chi connectivity index (χ0v) is 19.4. The van der Waals surface area contributed by atoms with Crippen LogP contribution in [0.2, 0.25) is 0 Å². The number of hydrogen-bond donors (Lipinski definition) is 3. The van der Waals surface area contributed by atoms with E-state index in [2.05, 4.69) is 16.0 Å². The van der Waals surface area contributed by atoms with Gasteiger partial charge in [0.2, 0.25) is 17.7 Å². The van der Waals surface area contributed by atoms with E-state index in [0.717, 1.165) is 32.1 Å². The molecule has 1 aromatic carbocycles. The van der Waals surface area contributed by atoms with E-state index in [4.69, 9.17) is 0 Å². The molecule has 34 heavy (non-hydrogen) atoms. The average Bonchev–Trinajstić information content (AvgIpc) is 2.84. The Kier molecular flexibility index (Phi) is 9.79. The molecule has 8 heteroatoms. The smallest absolute Gasteiger partial charge is 0.244 e. The number of carbonyl (C=O) groups is 4. The molecule has 1 aliphatic heterocycles. The second-order valence-electron chi connectivity index (χ2n) is 9.30. The maximum atomic E-state index is 13.1. The molecular formula is C26H34FN3O4. The van der Waals surface area contributed by atoms with Crippen molar-refractivity contribution in [1.29, 1.82) is 0 Å². The molecule has 1 saturated carbocycles. The highest BCUT2D eigenvalue weighted by atomic mass is 19.1. The second-order valence-corrected chi connectivity index (χ2v) is 9.30. The van der Waals surface area contributed by atoms with Gasteiger partial charge >= 0.3 is 0 Å². The van der Waals surface area contributed by atoms with E-state index in [-0.39, 0.29) is 24.1 Å². The number of nitrogens with one attached hydrogen (secondary N) is 3. The molecule has 0 spiro atoms. The van der Waals surface area contributed by atoms with Gasteiger partial charge in [0, 0.05) is 18.5 Å². The lowest BCUT2D eigenvalue weighted by molar-refractivity contribution is -0.130. The van der Waals surface area contributed by atoms with E-state index >= 15 is 0 Å². The lowest BCUT2D eigenvalue weighted by Crippen LogP contribution is -2.51. The van der Waals surface area contributed by atoms with Crippen LogP contribution in [0.1, 0.15) is 63.4 Å². The van der Waals surface area contributed by atoms with Gasteiger partial charge in [0.1, 0.15) is 18.1 Å². The number of benzene rings is 1. The Labute approximate surface area is 199 Å². The molecule has 1 aliphatic carbocycles. The van der Waals surface area contributed by atoms with Gasteiger partial charge < -0.3 is 20.7 Å². The minimum atomic E-state index is -0.790. The molecular weight excluding hydrogens is 437 g/mol. The van der Waals surface area contributed by atoms with Gasteiger partial charge in [-0.05, 0) is 55.4 Å². The van der Waals surface area contributed by atoms with Crippen molar-refractivity contribution < 1.29 is 23.6 Å². The predicted molar refractivity (Wildman–Crippen MR) is 127 cm³/mol. The fourth-order valence-corrected chi connectivity index (χ4v) is 4.75. The van der Waals surface area contributed by atoms with Crippen molar-refractivity contribution in [2.75, 3.05) is 6.54 Å². The molecule has 1 heterocycles. The van der Waals surface area contributed by atoms with Crippen LogP contribution in [0.4, 0.5) is 4.39 Å². The van der Waals surface area contributed by atoms with Crippen LogP contribution >= 0.6 is 0 Å². The number of aldehydes is 1. The number of amides is 3. The van der Waals surface area contributed by atoms with Crippen LogP contribution in [0.3, 0.4) is 0 Å². The van der Waals surface area contributed by atoms with Gasteiger partial charge in [-0.3, -0.25) is 14.4 Å². The molecule has 3 amide bonds. The Morgan fingerprint density at radius 3 is 2.44 bits per heavy atom. The fraction of sp³-hybridized carbons (Fsp3) is 0.538. The third-order valence-corrected chi connectivity index (χ3v) is 6.65. The van der Waals surface area contributed by atoms with Crippen LogP contribution in [0.15, 0.2) is 30.3 Å². The maximum Gasteiger partial charge on any atom is 0.244 e. The summed E-state index contributed by atoms with van der Waals surface area (Å²) in [6.07, 6.45) is 11.2. The zero-order chi connectivity index (χ0) is 24.3. The number of carbonyl (C=O) groups excluding carboxylic acids is 4. The average molecular weight is 472 g/mol. The summed E-state index contributed by atoms with van der Waals surface area (Å²) in [6.45, 7) is 0.633.